The number of H-pyrrole nitrogens is 1. The van der Waals surface area contributed by atoms with E-state index >= 15 is 0 Å². The van der Waals surface area contributed by atoms with Crippen molar-refractivity contribution in [3.8, 4) is 0 Å². The Morgan fingerprint density at radius 2 is 1.83 bits per heavy atom. The fraction of sp³-hybridized carbons (Fsp3) is 0.333. The molecule has 124 valence electrons. The van der Waals surface area contributed by atoms with Gasteiger partial charge >= 0.3 is 6.18 Å². The summed E-state index contributed by atoms with van der Waals surface area (Å²) < 4.78 is 37.4. The van der Waals surface area contributed by atoms with Crippen molar-refractivity contribution in [3.05, 3.63) is 41.7 Å². The third-order valence-electron chi connectivity index (χ3n) is 3.37. The van der Waals surface area contributed by atoms with Crippen LogP contribution in [0.25, 0.3) is 0 Å². The van der Waals surface area contributed by atoms with Crippen molar-refractivity contribution in [2.75, 3.05) is 23.3 Å². The van der Waals surface area contributed by atoms with Crippen LogP contribution in [-0.2, 0) is 6.18 Å². The molecule has 5 nitrogen and oxygen atoms in total. The molecular formula is C15H17F3N4O. The molecule has 0 aliphatic rings. The maximum Gasteiger partial charge on any atom is 0.432 e. The van der Waals surface area contributed by atoms with Crippen LogP contribution >= 0.6 is 0 Å². The Bertz CT molecular complexity index is 660. The average molecular weight is 326 g/mol. The molecule has 0 fully saturated rings. The van der Waals surface area contributed by atoms with Gasteiger partial charge in [-0.2, -0.15) is 18.3 Å². The summed E-state index contributed by atoms with van der Waals surface area (Å²) in [5.74, 6) is -0.702. The van der Waals surface area contributed by atoms with Gasteiger partial charge in [0.05, 0.1) is 0 Å². The van der Waals surface area contributed by atoms with Gasteiger partial charge < -0.3 is 10.2 Å². The van der Waals surface area contributed by atoms with Gasteiger partial charge in [-0.3, -0.25) is 9.89 Å². The van der Waals surface area contributed by atoms with E-state index in [2.05, 4.69) is 15.3 Å². The van der Waals surface area contributed by atoms with E-state index in [9.17, 15) is 18.0 Å². The molecule has 0 aliphatic carbocycles. The molecule has 0 unspecified atom stereocenters. The summed E-state index contributed by atoms with van der Waals surface area (Å²) in [6.45, 7) is 5.79. The Kier molecular flexibility index (Phi) is 4.92. The van der Waals surface area contributed by atoms with Crippen molar-refractivity contribution in [3.63, 3.8) is 0 Å². The molecule has 1 amide bonds. The first-order valence-corrected chi connectivity index (χ1v) is 7.14. The van der Waals surface area contributed by atoms with E-state index in [-0.39, 0.29) is 5.69 Å². The third-order valence-corrected chi connectivity index (χ3v) is 3.37. The van der Waals surface area contributed by atoms with Crippen LogP contribution in [0, 0.1) is 0 Å². The minimum Gasteiger partial charge on any atom is -0.372 e. The van der Waals surface area contributed by atoms with Crippen LogP contribution in [0.1, 0.15) is 30.0 Å². The van der Waals surface area contributed by atoms with Gasteiger partial charge in [-0.25, -0.2) is 0 Å². The second-order valence-corrected chi connectivity index (χ2v) is 4.84. The number of hydrogen-bond acceptors (Lipinski definition) is 3. The van der Waals surface area contributed by atoms with E-state index in [0.29, 0.717) is 11.8 Å². The number of nitrogens with one attached hydrogen (secondary N) is 2. The summed E-state index contributed by atoms with van der Waals surface area (Å²) in [5.41, 5.74) is 0.124. The molecule has 2 aromatic rings. The second-order valence-electron chi connectivity index (χ2n) is 4.84. The number of alkyl halides is 3. The minimum absolute atomic E-state index is 0.315. The Morgan fingerprint density at radius 3 is 2.30 bits per heavy atom. The van der Waals surface area contributed by atoms with Crippen molar-refractivity contribution in [2.24, 2.45) is 0 Å². The number of nitrogens with zero attached hydrogens (tertiary/aromatic N) is 2. The molecular weight excluding hydrogens is 309 g/mol. The quantitative estimate of drug-likeness (QED) is 0.884. The molecule has 23 heavy (non-hydrogen) atoms. The molecule has 0 spiro atoms. The summed E-state index contributed by atoms with van der Waals surface area (Å²) in [6, 6.07) is 7.76. The normalized spacial score (nSPS) is 11.3. The molecule has 2 rings (SSSR count). The molecule has 1 aromatic carbocycles. The zero-order valence-electron chi connectivity index (χ0n) is 12.7. The highest BCUT2D eigenvalue weighted by Crippen LogP contribution is 2.27. The summed E-state index contributed by atoms with van der Waals surface area (Å²) in [6.07, 6.45) is -4.56. The van der Waals surface area contributed by atoms with Gasteiger partial charge in [-0.15, -0.1) is 0 Å². The summed E-state index contributed by atoms with van der Waals surface area (Å²) >= 11 is 0. The monoisotopic (exact) mass is 326 g/mol. The average Bonchev–Trinajstić information content (AvgIpc) is 3.00. The van der Waals surface area contributed by atoms with Gasteiger partial charge in [-0.1, -0.05) is 0 Å². The lowest BCUT2D eigenvalue weighted by atomic mass is 10.2. The van der Waals surface area contributed by atoms with Crippen molar-refractivity contribution in [2.45, 2.75) is 20.0 Å². The van der Waals surface area contributed by atoms with Crippen molar-refractivity contribution in [1.29, 1.82) is 0 Å². The number of amides is 1. The van der Waals surface area contributed by atoms with Gasteiger partial charge in [0.1, 0.15) is 5.69 Å². The predicted octanol–water partition coefficient (Wildman–Crippen LogP) is 3.53. The first-order chi connectivity index (χ1) is 10.8. The fourth-order valence-corrected chi connectivity index (χ4v) is 2.12. The maximum absolute atomic E-state index is 12.5. The van der Waals surface area contributed by atoms with E-state index in [4.69, 9.17) is 0 Å². The van der Waals surface area contributed by atoms with Crippen LogP contribution in [-0.4, -0.2) is 29.2 Å². The molecule has 1 heterocycles. The zero-order valence-corrected chi connectivity index (χ0v) is 12.7. The Morgan fingerprint density at radius 1 is 1.22 bits per heavy atom. The molecule has 0 saturated carbocycles. The molecule has 0 atom stereocenters. The number of hydrogen-bond donors (Lipinski definition) is 2. The smallest absolute Gasteiger partial charge is 0.372 e. The highest BCUT2D eigenvalue weighted by Gasteiger charge is 2.33. The van der Waals surface area contributed by atoms with Crippen LogP contribution < -0.4 is 10.2 Å². The van der Waals surface area contributed by atoms with E-state index < -0.39 is 17.8 Å². The first kappa shape index (κ1) is 16.9. The van der Waals surface area contributed by atoms with Crippen molar-refractivity contribution in [1.82, 2.24) is 10.2 Å². The standard InChI is InChI=1S/C15H17F3N4O/c1-3-22(4-2)11-7-5-10(6-8-11)19-14(23)12-9-13(21-20-12)15(16,17)18/h5-9H,3-4H2,1-2H3,(H,19,23)(H,20,21). The molecule has 0 aliphatic heterocycles. The lowest BCUT2D eigenvalue weighted by Gasteiger charge is -2.21. The largest absolute Gasteiger partial charge is 0.432 e. The molecule has 0 bridgehead atoms. The number of aromatic nitrogens is 2. The zero-order chi connectivity index (χ0) is 17.0. The first-order valence-electron chi connectivity index (χ1n) is 7.14. The lowest BCUT2D eigenvalue weighted by Crippen LogP contribution is -2.21. The lowest BCUT2D eigenvalue weighted by molar-refractivity contribution is -0.141. The number of aromatic amines is 1. The number of halogens is 3. The van der Waals surface area contributed by atoms with Crippen LogP contribution in [0.2, 0.25) is 0 Å². The van der Waals surface area contributed by atoms with Crippen LogP contribution in [0.4, 0.5) is 24.5 Å². The number of anilines is 2. The van der Waals surface area contributed by atoms with E-state index in [1.807, 2.05) is 31.1 Å². The van der Waals surface area contributed by atoms with Gasteiger partial charge in [0.2, 0.25) is 0 Å². The summed E-state index contributed by atoms with van der Waals surface area (Å²) in [5, 5.41) is 7.71. The van der Waals surface area contributed by atoms with E-state index in [1.54, 1.807) is 12.1 Å². The highest BCUT2D eigenvalue weighted by molar-refractivity contribution is 6.03. The highest BCUT2D eigenvalue weighted by atomic mass is 19.4. The maximum atomic E-state index is 12.5. The summed E-state index contributed by atoms with van der Waals surface area (Å²) in [4.78, 5) is 14.0. The van der Waals surface area contributed by atoms with Gasteiger partial charge in [0, 0.05) is 30.5 Å². The Hall–Kier alpha value is -2.51. The van der Waals surface area contributed by atoms with E-state index in [1.165, 1.54) is 0 Å². The predicted molar refractivity (Wildman–Crippen MR) is 81.5 cm³/mol. The van der Waals surface area contributed by atoms with Crippen LogP contribution in [0.15, 0.2) is 30.3 Å². The fourth-order valence-electron chi connectivity index (χ4n) is 2.12. The summed E-state index contributed by atoms with van der Waals surface area (Å²) in [7, 11) is 0. The SMILES string of the molecule is CCN(CC)c1ccc(NC(=O)c2cc(C(F)(F)F)[nH]n2)cc1. The molecule has 0 radical (unpaired) electrons. The topological polar surface area (TPSA) is 61.0 Å². The van der Waals surface area contributed by atoms with E-state index in [0.717, 1.165) is 18.8 Å². The Labute approximate surface area is 131 Å². The van der Waals surface area contributed by atoms with Gasteiger partial charge in [0.15, 0.2) is 5.69 Å². The molecule has 0 saturated heterocycles. The molecule has 8 heteroatoms. The Balaban J connectivity index is 2.07. The van der Waals surface area contributed by atoms with Crippen molar-refractivity contribution < 1.29 is 18.0 Å². The molecule has 2 N–H and O–H groups in total. The van der Waals surface area contributed by atoms with Crippen LogP contribution in [0.3, 0.4) is 0 Å². The third kappa shape index (κ3) is 4.02. The van der Waals surface area contributed by atoms with Crippen molar-refractivity contribution >= 4 is 17.3 Å². The number of rotatable bonds is 5. The second kappa shape index (κ2) is 6.72. The molecule has 1 aromatic heterocycles. The number of carbonyl (C=O) groups excluding carboxylic acids is 1. The van der Waals surface area contributed by atoms with Crippen LogP contribution in [0.5, 0.6) is 0 Å². The minimum atomic E-state index is -4.56. The number of carbonyl (C=O) groups is 1. The van der Waals surface area contributed by atoms with Gasteiger partial charge in [0.25, 0.3) is 5.91 Å². The van der Waals surface area contributed by atoms with Gasteiger partial charge in [-0.05, 0) is 38.1 Å². The number of benzene rings is 1.